The number of hydrogen-bond acceptors (Lipinski definition) is 37. The van der Waals surface area contributed by atoms with Crippen LogP contribution in [0.5, 0.6) is 0 Å². The molecular formula is C63H109F3O37S. The summed E-state index contributed by atoms with van der Waals surface area (Å²) in [5, 5.41) is 0. The molecule has 41 heteroatoms. The molecule has 0 aromatic rings. The van der Waals surface area contributed by atoms with Crippen molar-refractivity contribution in [2.24, 2.45) is 0 Å². The van der Waals surface area contributed by atoms with Gasteiger partial charge in [0, 0.05) is 142 Å². The summed E-state index contributed by atoms with van der Waals surface area (Å²) in [6, 6.07) is 0. The molecule has 0 aliphatic carbocycles. The zero-order chi connectivity index (χ0) is 75.9. The Morgan fingerprint density at radius 3 is 0.471 bits per heavy atom. The Hall–Kier alpha value is -1.66. The predicted molar refractivity (Wildman–Crippen MR) is 338 cm³/mol. The molecule has 21 saturated heterocycles. The number of ether oxygens (including phenoxy) is 34. The van der Waals surface area contributed by atoms with Gasteiger partial charge in [0.25, 0.3) is 0 Å². The van der Waals surface area contributed by atoms with Crippen molar-refractivity contribution in [3.8, 4) is 0 Å². The second-order valence-electron chi connectivity index (χ2n) is 25.2. The standard InChI is InChI=1S/C63H109F3O37S/c1-69-21-28-35-42(75-7)50(83-15)57(91-28)99-37-30(23-71-3)93-59(52(85-17)44(37)77-9)101-39-32(25-73-5)95-61(54(87-19)46(39)79-11)103-41-34(27-89-104(67,68)63(64,65)66)96-62(55(88-20)48(41)81-13)102-40-33(26-74-6)94-60(53(86-18)47(40)80-12)100-38-31(24-72-4)92-58(51(84-16)45(38)78-10)98-36-29(22-70-2)90-56(97-35)49(82-14)43(36)76-8/h28-62H,21-27H2,1-20H3/t28-,29+,30-,31+,32-,33+,34-,35+,36+,37+,38+,39+,40+,41+,42-,43-,44-,45-,46-,47+,48-,49+,50+,51-,52+,53-,54+,55+,56+,57+,58+,59+,60+,61+,62+/m0/s1. The van der Waals surface area contributed by atoms with Crippen LogP contribution < -0.4 is 0 Å². The Kier molecular flexibility index (Phi) is 34.8. The highest BCUT2D eigenvalue weighted by atomic mass is 32.2. The Morgan fingerprint density at radius 1 is 0.221 bits per heavy atom. The molecule has 0 N–H and O–H groups in total. The van der Waals surface area contributed by atoms with Crippen molar-refractivity contribution in [2.45, 2.75) is 220 Å². The fraction of sp³-hybridized carbons (Fsp3) is 1.00. The van der Waals surface area contributed by atoms with Gasteiger partial charge in [0.1, 0.15) is 171 Å². The smallest absolute Gasteiger partial charge is 0.382 e. The van der Waals surface area contributed by atoms with E-state index < -0.39 is 237 Å². The van der Waals surface area contributed by atoms with Crippen molar-refractivity contribution in [1.29, 1.82) is 0 Å². The maximum atomic E-state index is 14.2. The van der Waals surface area contributed by atoms with Crippen molar-refractivity contribution >= 4 is 10.1 Å². The fourth-order valence-corrected chi connectivity index (χ4v) is 15.4. The van der Waals surface area contributed by atoms with Crippen molar-refractivity contribution in [3.05, 3.63) is 0 Å². The van der Waals surface area contributed by atoms with Gasteiger partial charge in [-0.1, -0.05) is 0 Å². The number of methoxy groups -OCH3 is 20. The van der Waals surface area contributed by atoms with Gasteiger partial charge < -0.3 is 161 Å². The van der Waals surface area contributed by atoms with E-state index in [9.17, 15) is 21.6 Å². The summed E-state index contributed by atoms with van der Waals surface area (Å²) in [5.74, 6) is 0. The Balaban J connectivity index is 1.26. The molecule has 0 spiro atoms. The molecule has 0 saturated carbocycles. The van der Waals surface area contributed by atoms with E-state index in [4.69, 9.17) is 165 Å². The largest absolute Gasteiger partial charge is 0.523 e. The molecule has 0 radical (unpaired) electrons. The summed E-state index contributed by atoms with van der Waals surface area (Å²) in [7, 11) is 21.7. The average Bonchev–Trinajstić information content (AvgIpc) is 0.764. The van der Waals surface area contributed by atoms with Crippen LogP contribution in [0.2, 0.25) is 0 Å². The first-order chi connectivity index (χ1) is 50.1. The first kappa shape index (κ1) is 87.9. The molecule has 104 heavy (non-hydrogen) atoms. The van der Waals surface area contributed by atoms with Crippen molar-refractivity contribution in [3.63, 3.8) is 0 Å². The van der Waals surface area contributed by atoms with Gasteiger partial charge in [-0.3, -0.25) is 4.18 Å². The molecule has 14 bridgehead atoms. The first-order valence-corrected chi connectivity index (χ1v) is 35.0. The molecule has 21 aliphatic rings. The molecule has 21 aliphatic heterocycles. The van der Waals surface area contributed by atoms with E-state index in [-0.39, 0.29) is 39.6 Å². The van der Waals surface area contributed by atoms with Gasteiger partial charge in [-0.05, 0) is 0 Å². The number of hydrogen-bond donors (Lipinski definition) is 0. The van der Waals surface area contributed by atoms with Gasteiger partial charge in [-0.2, -0.15) is 21.6 Å². The van der Waals surface area contributed by atoms with Gasteiger partial charge in [-0.15, -0.1) is 0 Å². The summed E-state index contributed by atoms with van der Waals surface area (Å²) >= 11 is 0. The van der Waals surface area contributed by atoms with Crippen LogP contribution in [0, 0.1) is 0 Å². The topological polar surface area (TPSA) is 357 Å². The van der Waals surface area contributed by atoms with Crippen LogP contribution >= 0.6 is 0 Å². The van der Waals surface area contributed by atoms with Gasteiger partial charge >= 0.3 is 15.6 Å². The maximum absolute atomic E-state index is 14.2. The Morgan fingerprint density at radius 2 is 0.356 bits per heavy atom. The monoisotopic (exact) mass is 1550 g/mol. The lowest BCUT2D eigenvalue weighted by Gasteiger charge is -2.52. The van der Waals surface area contributed by atoms with Crippen LogP contribution in [-0.2, 0) is 175 Å². The third-order valence-electron chi connectivity index (χ3n) is 19.6. The molecule has 21 heterocycles. The number of alkyl halides is 3. The zero-order valence-corrected chi connectivity index (χ0v) is 63.1. The zero-order valence-electron chi connectivity index (χ0n) is 62.3. The highest BCUT2D eigenvalue weighted by Gasteiger charge is 2.63. The molecule has 0 aromatic carbocycles. The summed E-state index contributed by atoms with van der Waals surface area (Å²) < 4.78 is 290. The van der Waals surface area contributed by atoms with Gasteiger partial charge in [-0.25, -0.2) is 0 Å². The number of halogens is 3. The van der Waals surface area contributed by atoms with Crippen LogP contribution in [0.4, 0.5) is 13.2 Å². The third-order valence-corrected chi connectivity index (χ3v) is 20.7. The van der Waals surface area contributed by atoms with Crippen LogP contribution in [-0.4, -0.2) is 417 Å². The van der Waals surface area contributed by atoms with Gasteiger partial charge in [0.05, 0.1) is 46.2 Å². The average molecular weight is 1550 g/mol. The lowest BCUT2D eigenvalue weighted by molar-refractivity contribution is -0.402. The molecule has 37 nitrogen and oxygen atoms in total. The molecule has 610 valence electrons. The summed E-state index contributed by atoms with van der Waals surface area (Å²) in [6.07, 6.45) is -43.6. The molecule has 21 rings (SSSR count). The van der Waals surface area contributed by atoms with Crippen molar-refractivity contribution < 1.29 is 187 Å². The first-order valence-electron chi connectivity index (χ1n) is 33.5. The maximum Gasteiger partial charge on any atom is 0.523 e. The van der Waals surface area contributed by atoms with Crippen LogP contribution in [0.25, 0.3) is 0 Å². The molecule has 0 aromatic heterocycles. The minimum atomic E-state index is -6.33. The highest BCUT2D eigenvalue weighted by Crippen LogP contribution is 2.44. The van der Waals surface area contributed by atoms with Gasteiger partial charge in [0.2, 0.25) is 0 Å². The van der Waals surface area contributed by atoms with E-state index in [1.807, 2.05) is 0 Å². The van der Waals surface area contributed by atoms with Gasteiger partial charge in [0.15, 0.2) is 44.0 Å². The van der Waals surface area contributed by atoms with E-state index in [0.29, 0.717) is 0 Å². The van der Waals surface area contributed by atoms with Crippen LogP contribution in [0.1, 0.15) is 0 Å². The summed E-state index contributed by atoms with van der Waals surface area (Å²) in [6.45, 7) is -2.36. The van der Waals surface area contributed by atoms with Crippen LogP contribution in [0.15, 0.2) is 0 Å². The normalized spacial score (nSPS) is 44.4. The highest BCUT2D eigenvalue weighted by molar-refractivity contribution is 7.87. The van der Waals surface area contributed by atoms with Crippen molar-refractivity contribution in [2.75, 3.05) is 188 Å². The van der Waals surface area contributed by atoms with E-state index in [1.54, 1.807) is 0 Å². The van der Waals surface area contributed by atoms with E-state index in [0.717, 1.165) is 0 Å². The second-order valence-corrected chi connectivity index (χ2v) is 26.8. The molecule has 0 amide bonds. The van der Waals surface area contributed by atoms with Crippen LogP contribution in [0.3, 0.4) is 0 Å². The predicted octanol–water partition coefficient (Wildman–Crippen LogP) is -1.27. The Bertz CT molecular complexity index is 2550. The van der Waals surface area contributed by atoms with Crippen molar-refractivity contribution in [1.82, 2.24) is 0 Å². The minimum absolute atomic E-state index is 0.100. The van der Waals surface area contributed by atoms with E-state index in [2.05, 4.69) is 0 Å². The molecule has 21 fully saturated rings. The fourth-order valence-electron chi connectivity index (χ4n) is 14.9. The molecule has 35 atom stereocenters. The SMILES string of the molecule is COC[C@@H]1O[C@@H]2O[C@H]3[C@H](OC)[C@@H](OC)[C@@H](O[C@H]4[C@@H](OC)[C@H](OC)[C@@H](O[C@H]5[C@H](OC)[C@H](OC)[C@@H](O[C@H]6[C@H](OC)[C@@H](OC)[C@@H](O[C@H]7[C@H](OC)[C@@H](OC)[C@@H](O[C@H]8[C@H](OC)[C@@H](OC)[C@@H](O[C@H]1[C@H](OC)[C@H]2OC)O[C@H]8COC)O[C@H]7COC)O[C@@H]6COC)O[C@@H]5COC)O[C@@H]4COC)O[C@H]3COS(=O)(=O)C(F)(F)F. The quantitative estimate of drug-likeness (QED) is 0.0622. The molecular weight excluding hydrogens is 1440 g/mol. The van der Waals surface area contributed by atoms with E-state index >= 15 is 0 Å². The molecule has 0 unspecified atom stereocenters. The minimum Gasteiger partial charge on any atom is -0.382 e. The second kappa shape index (κ2) is 41.2. The summed E-state index contributed by atoms with van der Waals surface area (Å²) in [4.78, 5) is 0. The third kappa shape index (κ3) is 19.2. The Labute approximate surface area is 604 Å². The summed E-state index contributed by atoms with van der Waals surface area (Å²) in [5.41, 5.74) is -5.90. The van der Waals surface area contributed by atoms with E-state index in [1.165, 1.54) is 142 Å². The number of rotatable bonds is 29. The lowest BCUT2D eigenvalue weighted by Crippen LogP contribution is -2.69. The lowest BCUT2D eigenvalue weighted by atomic mass is 9.94.